The Morgan fingerprint density at radius 1 is 0.744 bits per heavy atom. The summed E-state index contributed by atoms with van der Waals surface area (Å²) in [5.74, 6) is -0.315. The number of nitrogens with zero attached hydrogens (tertiary/aromatic N) is 1. The summed E-state index contributed by atoms with van der Waals surface area (Å²) in [5.41, 5.74) is 2.82. The van der Waals surface area contributed by atoms with E-state index in [1.807, 2.05) is 97.9 Å². The van der Waals surface area contributed by atoms with E-state index >= 15 is 0 Å². The second kappa shape index (κ2) is 9.95. The molecule has 5 aromatic rings. The topological polar surface area (TPSA) is 66.8 Å². The molecule has 1 N–H and O–H groups in total. The third kappa shape index (κ3) is 4.44. The molecule has 0 bridgehead atoms. The summed E-state index contributed by atoms with van der Waals surface area (Å²) in [4.78, 5) is 28.6. The van der Waals surface area contributed by atoms with Gasteiger partial charge in [-0.2, -0.15) is 0 Å². The van der Waals surface area contributed by atoms with Crippen LogP contribution in [-0.2, 0) is 9.59 Å². The molecule has 1 fully saturated rings. The Hall–Kier alpha value is -5.16. The van der Waals surface area contributed by atoms with Crippen molar-refractivity contribution in [2.45, 2.75) is 13.0 Å². The second-order valence-corrected chi connectivity index (χ2v) is 9.52. The number of aliphatic hydroxyl groups excluding tert-OH is 1. The van der Waals surface area contributed by atoms with Crippen molar-refractivity contribution in [1.29, 1.82) is 0 Å². The summed E-state index contributed by atoms with van der Waals surface area (Å²) < 4.78 is 5.91. The summed E-state index contributed by atoms with van der Waals surface area (Å²) in [6.07, 6.45) is 0. The molecule has 0 aromatic heterocycles. The van der Waals surface area contributed by atoms with Crippen LogP contribution in [0.1, 0.15) is 22.7 Å². The number of Topliss-reactive ketones (excluding diaryl/α,β-unsaturated/α-hetero) is 1. The van der Waals surface area contributed by atoms with E-state index in [4.69, 9.17) is 4.74 Å². The number of fused-ring (bicyclic) bond motifs is 1. The van der Waals surface area contributed by atoms with E-state index in [0.717, 1.165) is 21.9 Å². The van der Waals surface area contributed by atoms with E-state index in [2.05, 4.69) is 0 Å². The molecule has 1 unspecified atom stereocenters. The maximum absolute atomic E-state index is 13.6. The zero-order valence-electron chi connectivity index (χ0n) is 21.2. The largest absolute Gasteiger partial charge is 0.507 e. The van der Waals surface area contributed by atoms with Crippen LogP contribution in [0.5, 0.6) is 11.5 Å². The Morgan fingerprint density at radius 3 is 2.18 bits per heavy atom. The van der Waals surface area contributed by atoms with Crippen molar-refractivity contribution in [3.8, 4) is 11.5 Å². The molecule has 1 aliphatic heterocycles. The van der Waals surface area contributed by atoms with Gasteiger partial charge < -0.3 is 9.84 Å². The summed E-state index contributed by atoms with van der Waals surface area (Å²) in [6, 6.07) is 36.5. The molecule has 5 heteroatoms. The summed E-state index contributed by atoms with van der Waals surface area (Å²) >= 11 is 0. The first-order valence-electron chi connectivity index (χ1n) is 12.7. The lowest BCUT2D eigenvalue weighted by Gasteiger charge is -2.26. The molecule has 1 heterocycles. The van der Waals surface area contributed by atoms with Gasteiger partial charge in [-0.05, 0) is 59.7 Å². The van der Waals surface area contributed by atoms with Gasteiger partial charge in [0.05, 0.1) is 11.6 Å². The predicted molar refractivity (Wildman–Crippen MR) is 153 cm³/mol. The first kappa shape index (κ1) is 24.2. The molecular formula is C34H25NO4. The lowest BCUT2D eigenvalue weighted by atomic mass is 9.92. The Morgan fingerprint density at radius 2 is 1.41 bits per heavy atom. The summed E-state index contributed by atoms with van der Waals surface area (Å²) in [7, 11) is 0. The number of anilines is 1. The van der Waals surface area contributed by atoms with Crippen molar-refractivity contribution in [2.24, 2.45) is 0 Å². The highest BCUT2D eigenvalue weighted by Crippen LogP contribution is 2.43. The monoisotopic (exact) mass is 511 g/mol. The fraction of sp³-hybridized carbons (Fsp3) is 0.0588. The van der Waals surface area contributed by atoms with Crippen LogP contribution < -0.4 is 9.64 Å². The summed E-state index contributed by atoms with van der Waals surface area (Å²) in [6.45, 7) is 1.95. The number of aryl methyl sites for hydroxylation is 1. The van der Waals surface area contributed by atoms with E-state index in [1.165, 1.54) is 4.90 Å². The molecular weight excluding hydrogens is 486 g/mol. The smallest absolute Gasteiger partial charge is 0.300 e. The van der Waals surface area contributed by atoms with Gasteiger partial charge in [0.25, 0.3) is 11.7 Å². The van der Waals surface area contributed by atoms with E-state index in [9.17, 15) is 14.7 Å². The van der Waals surface area contributed by atoms with Gasteiger partial charge >= 0.3 is 0 Å². The number of aliphatic hydroxyl groups is 1. The number of carbonyl (C=O) groups excluding carboxylic acids is 2. The number of amides is 1. The fourth-order valence-electron chi connectivity index (χ4n) is 5.13. The average Bonchev–Trinajstić information content (AvgIpc) is 3.23. The highest BCUT2D eigenvalue weighted by Gasteiger charge is 2.47. The number of carbonyl (C=O) groups is 2. The maximum atomic E-state index is 13.6. The number of hydrogen-bond donors (Lipinski definition) is 1. The van der Waals surface area contributed by atoms with E-state index in [1.54, 1.807) is 30.3 Å². The van der Waals surface area contributed by atoms with Crippen LogP contribution in [0.15, 0.2) is 127 Å². The van der Waals surface area contributed by atoms with Gasteiger partial charge in [0.1, 0.15) is 17.3 Å². The lowest BCUT2D eigenvalue weighted by molar-refractivity contribution is -0.132. The standard InChI is InChI=1S/C34H25NO4/c1-22-9-7-12-24(21-22)31-30(32(36)29-16-8-11-23-10-5-6-15-28(23)29)33(37)34(38)35(31)25-17-19-27(20-18-25)39-26-13-3-2-4-14-26/h2-21,31,36H,1H3/b32-30-. The molecule has 1 saturated heterocycles. The number of rotatable bonds is 5. The third-order valence-corrected chi connectivity index (χ3v) is 6.94. The van der Waals surface area contributed by atoms with Crippen LogP contribution in [-0.4, -0.2) is 16.8 Å². The minimum absolute atomic E-state index is 0.0616. The quantitative estimate of drug-likeness (QED) is 0.150. The van der Waals surface area contributed by atoms with E-state index in [-0.39, 0.29) is 11.3 Å². The maximum Gasteiger partial charge on any atom is 0.300 e. The highest BCUT2D eigenvalue weighted by molar-refractivity contribution is 6.51. The molecule has 0 spiro atoms. The third-order valence-electron chi connectivity index (χ3n) is 6.94. The molecule has 39 heavy (non-hydrogen) atoms. The van der Waals surface area contributed by atoms with Crippen molar-refractivity contribution in [1.82, 2.24) is 0 Å². The normalized spacial score (nSPS) is 16.5. The molecule has 0 saturated carbocycles. The van der Waals surface area contributed by atoms with Crippen LogP contribution in [0.25, 0.3) is 16.5 Å². The Bertz CT molecular complexity index is 1730. The molecule has 1 amide bonds. The minimum Gasteiger partial charge on any atom is -0.507 e. The number of hydrogen-bond acceptors (Lipinski definition) is 4. The SMILES string of the molecule is Cc1cccc(C2/C(=C(/O)c3cccc4ccccc34)C(=O)C(=O)N2c2ccc(Oc3ccccc3)cc2)c1. The molecule has 0 radical (unpaired) electrons. The zero-order valence-corrected chi connectivity index (χ0v) is 21.2. The van der Waals surface area contributed by atoms with Gasteiger partial charge in [0.15, 0.2) is 0 Å². The molecule has 190 valence electrons. The molecule has 5 nitrogen and oxygen atoms in total. The Balaban J connectivity index is 1.48. The van der Waals surface area contributed by atoms with Crippen molar-refractivity contribution in [2.75, 3.05) is 4.90 Å². The van der Waals surface area contributed by atoms with Crippen LogP contribution >= 0.6 is 0 Å². The number of ether oxygens (including phenoxy) is 1. The summed E-state index contributed by atoms with van der Waals surface area (Å²) in [5, 5.41) is 13.4. The number of benzene rings is 5. The van der Waals surface area contributed by atoms with Crippen LogP contribution in [0.3, 0.4) is 0 Å². The van der Waals surface area contributed by atoms with Gasteiger partial charge in [0, 0.05) is 11.3 Å². The molecule has 6 rings (SSSR count). The second-order valence-electron chi connectivity index (χ2n) is 9.52. The van der Waals surface area contributed by atoms with E-state index < -0.39 is 17.7 Å². The van der Waals surface area contributed by atoms with Gasteiger partial charge in [-0.1, -0.05) is 90.5 Å². The van der Waals surface area contributed by atoms with Gasteiger partial charge in [-0.25, -0.2) is 0 Å². The molecule has 1 atom stereocenters. The number of ketones is 1. The van der Waals surface area contributed by atoms with Gasteiger partial charge in [-0.3, -0.25) is 14.5 Å². The fourth-order valence-corrected chi connectivity index (χ4v) is 5.13. The van der Waals surface area contributed by atoms with Crippen molar-refractivity contribution in [3.63, 3.8) is 0 Å². The zero-order chi connectivity index (χ0) is 26.9. The van der Waals surface area contributed by atoms with Gasteiger partial charge in [-0.15, -0.1) is 0 Å². The molecule has 5 aromatic carbocycles. The van der Waals surface area contributed by atoms with Crippen molar-refractivity contribution in [3.05, 3.63) is 144 Å². The first-order chi connectivity index (χ1) is 19.0. The Kier molecular flexibility index (Phi) is 6.17. The Labute approximate surface area is 226 Å². The number of para-hydroxylation sites is 1. The molecule has 0 aliphatic carbocycles. The van der Waals surface area contributed by atoms with Crippen LogP contribution in [0, 0.1) is 6.92 Å². The van der Waals surface area contributed by atoms with Crippen LogP contribution in [0.4, 0.5) is 5.69 Å². The van der Waals surface area contributed by atoms with Crippen LogP contribution in [0.2, 0.25) is 0 Å². The highest BCUT2D eigenvalue weighted by atomic mass is 16.5. The van der Waals surface area contributed by atoms with Crippen molar-refractivity contribution >= 4 is 33.9 Å². The van der Waals surface area contributed by atoms with E-state index in [0.29, 0.717) is 22.7 Å². The lowest BCUT2D eigenvalue weighted by Crippen LogP contribution is -2.29. The average molecular weight is 512 g/mol. The molecule has 1 aliphatic rings. The van der Waals surface area contributed by atoms with Crippen molar-refractivity contribution < 1.29 is 19.4 Å². The van der Waals surface area contributed by atoms with Gasteiger partial charge in [0.2, 0.25) is 0 Å². The predicted octanol–water partition coefficient (Wildman–Crippen LogP) is 7.57. The minimum atomic E-state index is -0.801. The first-order valence-corrected chi connectivity index (χ1v) is 12.7.